The van der Waals surface area contributed by atoms with Crippen LogP contribution in [0.2, 0.25) is 5.02 Å². The van der Waals surface area contributed by atoms with Gasteiger partial charge in [-0.3, -0.25) is 0 Å². The Morgan fingerprint density at radius 3 is 2.58 bits per heavy atom. The quantitative estimate of drug-likeness (QED) is 0.929. The normalized spacial score (nSPS) is 12.2. The van der Waals surface area contributed by atoms with E-state index in [4.69, 9.17) is 22.1 Å². The second-order valence-electron chi connectivity index (χ2n) is 3.97. The Hall–Kier alpha value is -1.65. The van der Waals surface area contributed by atoms with Gasteiger partial charge in [-0.1, -0.05) is 23.7 Å². The molecule has 2 rings (SSSR count). The Balaban J connectivity index is 2.24. The molecule has 5 heteroatoms. The van der Waals surface area contributed by atoms with Crippen LogP contribution in [0.25, 0.3) is 0 Å². The van der Waals surface area contributed by atoms with Gasteiger partial charge in [0.05, 0.1) is 0 Å². The van der Waals surface area contributed by atoms with Crippen molar-refractivity contribution in [3.8, 4) is 5.75 Å². The first-order valence-electron chi connectivity index (χ1n) is 5.67. The van der Waals surface area contributed by atoms with E-state index < -0.39 is 17.7 Å². The number of rotatable bonds is 4. The molecule has 0 saturated carbocycles. The van der Waals surface area contributed by atoms with E-state index in [1.54, 1.807) is 24.3 Å². The summed E-state index contributed by atoms with van der Waals surface area (Å²) in [5.74, 6) is -1.46. The average Bonchev–Trinajstić information content (AvgIpc) is 2.38. The van der Waals surface area contributed by atoms with Crippen LogP contribution in [0.1, 0.15) is 11.7 Å². The predicted octanol–water partition coefficient (Wildman–Crippen LogP) is 3.70. The molecule has 0 aliphatic rings. The fourth-order valence-corrected chi connectivity index (χ4v) is 1.88. The maximum absolute atomic E-state index is 13.5. The maximum atomic E-state index is 13.5. The van der Waals surface area contributed by atoms with Gasteiger partial charge in [0.1, 0.15) is 11.9 Å². The zero-order valence-electron chi connectivity index (χ0n) is 9.95. The molecular formula is C14H12ClF2NO. The highest BCUT2D eigenvalue weighted by atomic mass is 35.5. The standard InChI is InChI=1S/C14H12ClF2NO/c15-10-3-1-2-9(6-10)14(8-18)19-13-5-4-11(16)7-12(13)17/h1-7,14H,8,18H2. The molecule has 0 amide bonds. The van der Waals surface area contributed by atoms with E-state index in [1.807, 2.05) is 0 Å². The molecule has 0 aromatic heterocycles. The third-order valence-corrected chi connectivity index (χ3v) is 2.83. The first kappa shape index (κ1) is 13.8. The smallest absolute Gasteiger partial charge is 0.168 e. The molecule has 0 spiro atoms. The van der Waals surface area contributed by atoms with Crippen molar-refractivity contribution in [1.82, 2.24) is 0 Å². The van der Waals surface area contributed by atoms with Crippen LogP contribution in [-0.4, -0.2) is 6.54 Å². The summed E-state index contributed by atoms with van der Waals surface area (Å²) in [5.41, 5.74) is 6.35. The molecule has 0 aliphatic heterocycles. The minimum atomic E-state index is -0.763. The van der Waals surface area contributed by atoms with Crippen molar-refractivity contribution in [2.45, 2.75) is 6.10 Å². The van der Waals surface area contributed by atoms with Crippen molar-refractivity contribution >= 4 is 11.6 Å². The first-order chi connectivity index (χ1) is 9.10. The van der Waals surface area contributed by atoms with Crippen molar-refractivity contribution < 1.29 is 13.5 Å². The van der Waals surface area contributed by atoms with E-state index in [0.717, 1.165) is 17.7 Å². The summed E-state index contributed by atoms with van der Waals surface area (Å²) in [6.07, 6.45) is -0.543. The lowest BCUT2D eigenvalue weighted by molar-refractivity contribution is 0.204. The molecule has 0 fully saturated rings. The van der Waals surface area contributed by atoms with Crippen molar-refractivity contribution in [3.63, 3.8) is 0 Å². The zero-order valence-corrected chi connectivity index (χ0v) is 10.7. The van der Waals surface area contributed by atoms with E-state index in [2.05, 4.69) is 0 Å². The predicted molar refractivity (Wildman–Crippen MR) is 70.2 cm³/mol. The molecule has 100 valence electrons. The lowest BCUT2D eigenvalue weighted by Crippen LogP contribution is -2.19. The minimum Gasteiger partial charge on any atom is -0.481 e. The number of halogens is 3. The van der Waals surface area contributed by atoms with Gasteiger partial charge in [0, 0.05) is 17.6 Å². The third-order valence-electron chi connectivity index (χ3n) is 2.60. The van der Waals surface area contributed by atoms with E-state index in [0.29, 0.717) is 5.02 Å². The minimum absolute atomic E-state index is 0.0446. The fraction of sp³-hybridized carbons (Fsp3) is 0.143. The van der Waals surface area contributed by atoms with Gasteiger partial charge in [-0.25, -0.2) is 8.78 Å². The van der Waals surface area contributed by atoms with Crippen LogP contribution in [0.15, 0.2) is 42.5 Å². The third kappa shape index (κ3) is 3.43. The largest absolute Gasteiger partial charge is 0.481 e. The monoisotopic (exact) mass is 283 g/mol. The Labute approximate surface area is 114 Å². The maximum Gasteiger partial charge on any atom is 0.168 e. The molecule has 0 heterocycles. The molecule has 0 radical (unpaired) electrons. The van der Waals surface area contributed by atoms with Crippen LogP contribution >= 0.6 is 11.6 Å². The Morgan fingerprint density at radius 2 is 1.95 bits per heavy atom. The van der Waals surface area contributed by atoms with Gasteiger partial charge in [0.25, 0.3) is 0 Å². The van der Waals surface area contributed by atoms with Gasteiger partial charge in [-0.05, 0) is 29.8 Å². The molecule has 1 atom stereocenters. The van der Waals surface area contributed by atoms with Gasteiger partial charge in [0.2, 0.25) is 0 Å². The molecule has 2 aromatic rings. The fourth-order valence-electron chi connectivity index (χ4n) is 1.68. The summed E-state index contributed by atoms with van der Waals surface area (Å²) in [5, 5.41) is 0.541. The Kier molecular flexibility index (Phi) is 4.35. The highest BCUT2D eigenvalue weighted by Gasteiger charge is 2.14. The lowest BCUT2D eigenvalue weighted by atomic mass is 10.1. The van der Waals surface area contributed by atoms with Gasteiger partial charge < -0.3 is 10.5 Å². The first-order valence-corrected chi connectivity index (χ1v) is 6.05. The topological polar surface area (TPSA) is 35.2 Å². The SMILES string of the molecule is NCC(Oc1ccc(F)cc1F)c1cccc(Cl)c1. The molecule has 2 N–H and O–H groups in total. The highest BCUT2D eigenvalue weighted by Crippen LogP contribution is 2.26. The summed E-state index contributed by atoms with van der Waals surface area (Å²) in [6.45, 7) is 0.150. The highest BCUT2D eigenvalue weighted by molar-refractivity contribution is 6.30. The van der Waals surface area contributed by atoms with E-state index in [-0.39, 0.29) is 12.3 Å². The van der Waals surface area contributed by atoms with Crippen molar-refractivity contribution in [1.29, 1.82) is 0 Å². The van der Waals surface area contributed by atoms with Gasteiger partial charge in [-0.2, -0.15) is 0 Å². The van der Waals surface area contributed by atoms with Crippen LogP contribution in [0.3, 0.4) is 0 Å². The number of nitrogens with two attached hydrogens (primary N) is 1. The molecule has 0 saturated heterocycles. The average molecular weight is 284 g/mol. The summed E-state index contributed by atoms with van der Waals surface area (Å²) < 4.78 is 31.8. The number of hydrogen-bond donors (Lipinski definition) is 1. The molecule has 2 nitrogen and oxygen atoms in total. The van der Waals surface area contributed by atoms with Crippen LogP contribution in [-0.2, 0) is 0 Å². The zero-order chi connectivity index (χ0) is 13.8. The molecule has 0 aliphatic carbocycles. The van der Waals surface area contributed by atoms with Crippen LogP contribution in [0.5, 0.6) is 5.75 Å². The van der Waals surface area contributed by atoms with Crippen molar-refractivity contribution in [2.75, 3.05) is 6.54 Å². The molecule has 2 aromatic carbocycles. The van der Waals surface area contributed by atoms with E-state index in [9.17, 15) is 8.78 Å². The van der Waals surface area contributed by atoms with E-state index in [1.165, 1.54) is 6.07 Å². The summed E-state index contributed by atoms with van der Waals surface area (Å²) >= 11 is 5.88. The van der Waals surface area contributed by atoms with Crippen molar-refractivity contribution in [2.24, 2.45) is 5.73 Å². The Morgan fingerprint density at radius 1 is 1.16 bits per heavy atom. The second-order valence-corrected chi connectivity index (χ2v) is 4.41. The van der Waals surface area contributed by atoms with E-state index >= 15 is 0 Å². The summed E-state index contributed by atoms with van der Waals surface area (Å²) in [7, 11) is 0. The lowest BCUT2D eigenvalue weighted by Gasteiger charge is -2.18. The second kappa shape index (κ2) is 5.99. The summed E-state index contributed by atoms with van der Waals surface area (Å²) in [4.78, 5) is 0. The number of ether oxygens (including phenoxy) is 1. The van der Waals surface area contributed by atoms with Crippen LogP contribution in [0, 0.1) is 11.6 Å². The van der Waals surface area contributed by atoms with Gasteiger partial charge >= 0.3 is 0 Å². The van der Waals surface area contributed by atoms with Crippen molar-refractivity contribution in [3.05, 3.63) is 64.7 Å². The molecule has 1 unspecified atom stereocenters. The molecule has 0 bridgehead atoms. The van der Waals surface area contributed by atoms with Crippen LogP contribution in [0.4, 0.5) is 8.78 Å². The van der Waals surface area contributed by atoms with Gasteiger partial charge in [-0.15, -0.1) is 0 Å². The Bertz CT molecular complexity index is 577. The number of hydrogen-bond acceptors (Lipinski definition) is 2. The number of benzene rings is 2. The van der Waals surface area contributed by atoms with Gasteiger partial charge in [0.15, 0.2) is 11.6 Å². The van der Waals surface area contributed by atoms with Crippen LogP contribution < -0.4 is 10.5 Å². The molecular weight excluding hydrogens is 272 g/mol. The molecule has 19 heavy (non-hydrogen) atoms. The summed E-state index contributed by atoms with van der Waals surface area (Å²) in [6, 6.07) is 10.1.